The van der Waals surface area contributed by atoms with Crippen molar-refractivity contribution in [3.8, 4) is 0 Å². The molecule has 0 aromatic heterocycles. The lowest BCUT2D eigenvalue weighted by atomic mass is 10.1. The van der Waals surface area contributed by atoms with Crippen LogP contribution in [0.2, 0.25) is 0 Å². The molecule has 0 aliphatic carbocycles. The number of benzene rings is 1. The third-order valence-electron chi connectivity index (χ3n) is 3.84. The Morgan fingerprint density at radius 3 is 2.57 bits per heavy atom. The Morgan fingerprint density at radius 1 is 1.26 bits per heavy atom. The molecule has 0 unspecified atom stereocenters. The van der Waals surface area contributed by atoms with Crippen LogP contribution in [0.3, 0.4) is 0 Å². The first kappa shape index (κ1) is 19.8. The molecule has 1 saturated heterocycles. The van der Waals surface area contributed by atoms with Gasteiger partial charge in [-0.3, -0.25) is 4.79 Å². The molecule has 23 heavy (non-hydrogen) atoms. The second-order valence-corrected chi connectivity index (χ2v) is 5.52. The number of nitrogens with zero attached hydrogens (tertiary/aromatic N) is 1. The monoisotopic (exact) mass is 348 g/mol. The van der Waals surface area contributed by atoms with E-state index in [4.69, 9.17) is 10.5 Å². The van der Waals surface area contributed by atoms with Crippen LogP contribution >= 0.6 is 12.4 Å². The number of rotatable bonds is 6. The van der Waals surface area contributed by atoms with Gasteiger partial charge in [0.1, 0.15) is 0 Å². The van der Waals surface area contributed by atoms with Crippen LogP contribution in [-0.2, 0) is 16.0 Å². The lowest BCUT2D eigenvalue weighted by Gasteiger charge is -2.32. The molecule has 0 bridgehead atoms. The fourth-order valence-corrected chi connectivity index (χ4v) is 2.54. The molecule has 7 heteroatoms. The van der Waals surface area contributed by atoms with Crippen molar-refractivity contribution < 1.29 is 18.3 Å². The molecule has 4 nitrogen and oxygen atoms in total. The SMILES string of the molecule is Cl.NCCCOC1CCN(C(=O)Cc2ccc(F)c(F)c2)CC1. The highest BCUT2D eigenvalue weighted by molar-refractivity contribution is 5.85. The van der Waals surface area contributed by atoms with Gasteiger partial charge in [0, 0.05) is 19.7 Å². The van der Waals surface area contributed by atoms with Crippen LogP contribution in [0.4, 0.5) is 8.78 Å². The fraction of sp³-hybridized carbons (Fsp3) is 0.562. The molecule has 0 saturated carbocycles. The molecule has 1 heterocycles. The Bertz CT molecular complexity index is 509. The van der Waals surface area contributed by atoms with E-state index in [1.165, 1.54) is 6.07 Å². The molecule has 2 N–H and O–H groups in total. The Balaban J connectivity index is 0.00000264. The van der Waals surface area contributed by atoms with Gasteiger partial charge in [0.25, 0.3) is 0 Å². The maximum atomic E-state index is 13.1. The van der Waals surface area contributed by atoms with Gasteiger partial charge >= 0.3 is 0 Å². The number of hydrogen-bond donors (Lipinski definition) is 1. The van der Waals surface area contributed by atoms with Crippen LogP contribution in [0.15, 0.2) is 18.2 Å². The van der Waals surface area contributed by atoms with Gasteiger partial charge < -0.3 is 15.4 Å². The van der Waals surface area contributed by atoms with E-state index in [9.17, 15) is 13.6 Å². The largest absolute Gasteiger partial charge is 0.378 e. The van der Waals surface area contributed by atoms with Crippen LogP contribution in [0.25, 0.3) is 0 Å². The zero-order valence-electron chi connectivity index (χ0n) is 13.0. The Hall–Kier alpha value is -1.24. The summed E-state index contributed by atoms with van der Waals surface area (Å²) in [6.45, 7) is 2.54. The van der Waals surface area contributed by atoms with Crippen molar-refractivity contribution in [2.45, 2.75) is 31.8 Å². The molecule has 1 aliphatic heterocycles. The lowest BCUT2D eigenvalue weighted by molar-refractivity contribution is -0.133. The van der Waals surface area contributed by atoms with Gasteiger partial charge in [-0.05, 0) is 43.5 Å². The molecular weight excluding hydrogens is 326 g/mol. The highest BCUT2D eigenvalue weighted by Gasteiger charge is 2.23. The first-order chi connectivity index (χ1) is 10.6. The molecule has 1 aromatic carbocycles. The fourth-order valence-electron chi connectivity index (χ4n) is 2.54. The summed E-state index contributed by atoms with van der Waals surface area (Å²) in [6, 6.07) is 3.57. The van der Waals surface area contributed by atoms with Gasteiger partial charge in [0.15, 0.2) is 11.6 Å². The Morgan fingerprint density at radius 2 is 1.96 bits per heavy atom. The predicted octanol–water partition coefficient (Wildman–Crippen LogP) is 2.29. The standard InChI is InChI=1S/C16H22F2N2O2.ClH/c17-14-3-2-12(10-15(14)18)11-16(21)20-7-4-13(5-8-20)22-9-1-6-19;/h2-3,10,13H,1,4-9,11,19H2;1H. The van der Waals surface area contributed by atoms with Crippen molar-refractivity contribution in [3.05, 3.63) is 35.4 Å². The maximum Gasteiger partial charge on any atom is 0.226 e. The number of carbonyl (C=O) groups is 1. The number of amides is 1. The number of halogens is 3. The van der Waals surface area contributed by atoms with Gasteiger partial charge in [0.2, 0.25) is 5.91 Å². The molecule has 2 rings (SSSR count). The highest BCUT2D eigenvalue weighted by atomic mass is 35.5. The summed E-state index contributed by atoms with van der Waals surface area (Å²) >= 11 is 0. The van der Waals surface area contributed by atoms with Crippen LogP contribution in [-0.4, -0.2) is 43.2 Å². The predicted molar refractivity (Wildman–Crippen MR) is 86.5 cm³/mol. The quantitative estimate of drug-likeness (QED) is 0.802. The average molecular weight is 349 g/mol. The van der Waals surface area contributed by atoms with Crippen LogP contribution in [0.1, 0.15) is 24.8 Å². The topological polar surface area (TPSA) is 55.6 Å². The van der Waals surface area contributed by atoms with E-state index in [1.54, 1.807) is 4.90 Å². The molecule has 1 aliphatic rings. The van der Waals surface area contributed by atoms with E-state index in [1.807, 2.05) is 0 Å². The number of nitrogens with two attached hydrogens (primary N) is 1. The van der Waals surface area contributed by atoms with Crippen LogP contribution in [0, 0.1) is 11.6 Å². The third kappa shape index (κ3) is 6.05. The number of carbonyl (C=O) groups excluding carboxylic acids is 1. The minimum Gasteiger partial charge on any atom is -0.378 e. The smallest absolute Gasteiger partial charge is 0.226 e. The first-order valence-corrected chi connectivity index (χ1v) is 7.63. The van der Waals surface area contributed by atoms with Gasteiger partial charge in [-0.1, -0.05) is 6.07 Å². The molecule has 1 fully saturated rings. The van der Waals surface area contributed by atoms with Crippen molar-refractivity contribution in [2.75, 3.05) is 26.2 Å². The number of piperidine rings is 1. The molecular formula is C16H23ClF2N2O2. The Labute approximate surface area is 141 Å². The van der Waals surface area contributed by atoms with E-state index in [0.29, 0.717) is 31.8 Å². The second-order valence-electron chi connectivity index (χ2n) is 5.52. The van der Waals surface area contributed by atoms with Crippen LogP contribution < -0.4 is 5.73 Å². The summed E-state index contributed by atoms with van der Waals surface area (Å²) in [6.07, 6.45) is 2.71. The summed E-state index contributed by atoms with van der Waals surface area (Å²) in [7, 11) is 0. The van der Waals surface area contributed by atoms with E-state index in [-0.39, 0.29) is 30.8 Å². The molecule has 0 radical (unpaired) electrons. The van der Waals surface area contributed by atoms with E-state index in [2.05, 4.69) is 0 Å². The third-order valence-corrected chi connectivity index (χ3v) is 3.84. The summed E-state index contributed by atoms with van der Waals surface area (Å²) in [5.41, 5.74) is 5.91. The zero-order chi connectivity index (χ0) is 15.9. The summed E-state index contributed by atoms with van der Waals surface area (Å²) in [4.78, 5) is 13.9. The number of likely N-dealkylation sites (tertiary alicyclic amines) is 1. The van der Waals surface area contributed by atoms with Crippen molar-refractivity contribution in [1.29, 1.82) is 0 Å². The first-order valence-electron chi connectivity index (χ1n) is 7.63. The lowest BCUT2D eigenvalue weighted by Crippen LogP contribution is -2.41. The molecule has 0 spiro atoms. The van der Waals surface area contributed by atoms with Gasteiger partial charge in [-0.25, -0.2) is 8.78 Å². The van der Waals surface area contributed by atoms with E-state index < -0.39 is 11.6 Å². The summed E-state index contributed by atoms with van der Waals surface area (Å²) in [5, 5.41) is 0. The van der Waals surface area contributed by atoms with Gasteiger partial charge in [-0.2, -0.15) is 0 Å². The van der Waals surface area contributed by atoms with E-state index >= 15 is 0 Å². The van der Waals surface area contributed by atoms with Gasteiger partial charge in [-0.15, -0.1) is 12.4 Å². The van der Waals surface area contributed by atoms with Crippen molar-refractivity contribution in [1.82, 2.24) is 4.90 Å². The normalized spacial score (nSPS) is 15.3. The number of hydrogen-bond acceptors (Lipinski definition) is 3. The van der Waals surface area contributed by atoms with Crippen molar-refractivity contribution in [3.63, 3.8) is 0 Å². The minimum absolute atomic E-state index is 0. The minimum atomic E-state index is -0.919. The molecule has 130 valence electrons. The average Bonchev–Trinajstić information content (AvgIpc) is 2.52. The summed E-state index contributed by atoms with van der Waals surface area (Å²) < 4.78 is 31.7. The van der Waals surface area contributed by atoms with Gasteiger partial charge in [0.05, 0.1) is 12.5 Å². The number of ether oxygens (including phenoxy) is 1. The second kappa shape index (κ2) is 9.80. The van der Waals surface area contributed by atoms with Crippen molar-refractivity contribution in [2.24, 2.45) is 5.73 Å². The molecule has 1 aromatic rings. The maximum absolute atomic E-state index is 13.1. The molecule has 1 amide bonds. The highest BCUT2D eigenvalue weighted by Crippen LogP contribution is 2.16. The van der Waals surface area contributed by atoms with Crippen molar-refractivity contribution >= 4 is 18.3 Å². The summed E-state index contributed by atoms with van der Waals surface area (Å²) in [5.74, 6) is -1.88. The van der Waals surface area contributed by atoms with E-state index in [0.717, 1.165) is 31.4 Å². The zero-order valence-corrected chi connectivity index (χ0v) is 13.8. The Kier molecular flexibility index (Phi) is 8.44. The molecule has 0 atom stereocenters. The van der Waals surface area contributed by atoms with Crippen LogP contribution in [0.5, 0.6) is 0 Å².